The maximum absolute atomic E-state index is 11.6. The average molecular weight is 280 g/mol. The van der Waals surface area contributed by atoms with Crippen LogP contribution in [0.5, 0.6) is 0 Å². The van der Waals surface area contributed by atoms with E-state index >= 15 is 0 Å². The Labute approximate surface area is 113 Å². The number of carboxylic acids is 1. The number of carbonyl (C=O) groups is 2. The SMILES string of the molecule is C[C@H](NC(=O)Cc1csc(-c2ccoc2)n1)C(=O)O. The number of carboxylic acid groups (broad SMARTS) is 1. The van der Waals surface area contributed by atoms with Crippen LogP contribution < -0.4 is 5.32 Å². The van der Waals surface area contributed by atoms with Gasteiger partial charge >= 0.3 is 5.97 Å². The number of furan rings is 1. The number of rotatable bonds is 5. The number of hydrogen-bond donors (Lipinski definition) is 2. The Morgan fingerprint density at radius 3 is 3.00 bits per heavy atom. The van der Waals surface area contributed by atoms with E-state index in [2.05, 4.69) is 10.3 Å². The summed E-state index contributed by atoms with van der Waals surface area (Å²) in [7, 11) is 0. The highest BCUT2D eigenvalue weighted by Crippen LogP contribution is 2.23. The summed E-state index contributed by atoms with van der Waals surface area (Å²) < 4.78 is 4.96. The number of carbonyl (C=O) groups excluding carboxylic acids is 1. The van der Waals surface area contributed by atoms with Crippen LogP contribution in [0, 0.1) is 0 Å². The van der Waals surface area contributed by atoms with Crippen molar-refractivity contribution in [1.82, 2.24) is 10.3 Å². The molecule has 0 saturated heterocycles. The Kier molecular flexibility index (Phi) is 3.96. The van der Waals surface area contributed by atoms with E-state index in [0.717, 1.165) is 10.6 Å². The summed E-state index contributed by atoms with van der Waals surface area (Å²) in [6.07, 6.45) is 3.19. The van der Waals surface area contributed by atoms with Crippen LogP contribution >= 0.6 is 11.3 Å². The molecule has 6 nitrogen and oxygen atoms in total. The van der Waals surface area contributed by atoms with Crippen molar-refractivity contribution in [3.63, 3.8) is 0 Å². The molecular weight excluding hydrogens is 268 g/mol. The van der Waals surface area contributed by atoms with Crippen molar-refractivity contribution in [3.8, 4) is 10.6 Å². The summed E-state index contributed by atoms with van der Waals surface area (Å²) in [5, 5.41) is 13.6. The third-order valence-electron chi connectivity index (χ3n) is 2.41. The van der Waals surface area contributed by atoms with Crippen molar-refractivity contribution in [3.05, 3.63) is 29.7 Å². The lowest BCUT2D eigenvalue weighted by Gasteiger charge is -2.07. The number of amides is 1. The standard InChI is InChI=1S/C12H12N2O4S/c1-7(12(16)17)13-10(15)4-9-6-19-11(14-9)8-2-3-18-5-8/h2-3,5-7H,4H2,1H3,(H,13,15)(H,16,17)/t7-/m0/s1. The fourth-order valence-electron chi connectivity index (χ4n) is 1.43. The van der Waals surface area contributed by atoms with E-state index in [1.807, 2.05) is 0 Å². The largest absolute Gasteiger partial charge is 0.480 e. The van der Waals surface area contributed by atoms with Gasteiger partial charge in [-0.3, -0.25) is 9.59 Å². The Bertz CT molecular complexity index is 576. The molecule has 2 heterocycles. The van der Waals surface area contributed by atoms with Gasteiger partial charge in [0.25, 0.3) is 0 Å². The molecule has 0 aliphatic carbocycles. The molecule has 0 radical (unpaired) electrons. The predicted octanol–water partition coefficient (Wildman–Crippen LogP) is 1.53. The molecule has 0 aliphatic rings. The first-order valence-corrected chi connectivity index (χ1v) is 6.43. The quantitative estimate of drug-likeness (QED) is 0.866. The van der Waals surface area contributed by atoms with Crippen LogP contribution in [0.15, 0.2) is 28.4 Å². The van der Waals surface area contributed by atoms with Crippen molar-refractivity contribution in [2.75, 3.05) is 0 Å². The third kappa shape index (κ3) is 3.41. The van der Waals surface area contributed by atoms with Crippen molar-refractivity contribution in [2.24, 2.45) is 0 Å². The predicted molar refractivity (Wildman–Crippen MR) is 68.8 cm³/mol. The highest BCUT2D eigenvalue weighted by molar-refractivity contribution is 7.13. The molecule has 19 heavy (non-hydrogen) atoms. The van der Waals surface area contributed by atoms with E-state index in [9.17, 15) is 9.59 Å². The summed E-state index contributed by atoms with van der Waals surface area (Å²) in [5.41, 5.74) is 1.46. The number of hydrogen-bond acceptors (Lipinski definition) is 5. The molecule has 0 unspecified atom stereocenters. The molecule has 2 aromatic rings. The first-order valence-electron chi connectivity index (χ1n) is 5.55. The number of aliphatic carboxylic acids is 1. The second kappa shape index (κ2) is 5.66. The molecule has 2 rings (SSSR count). The fourth-order valence-corrected chi connectivity index (χ4v) is 2.23. The Morgan fingerprint density at radius 2 is 2.37 bits per heavy atom. The average Bonchev–Trinajstić information content (AvgIpc) is 2.97. The molecule has 0 saturated carbocycles. The summed E-state index contributed by atoms with van der Waals surface area (Å²) in [4.78, 5) is 26.5. The normalized spacial score (nSPS) is 12.1. The first kappa shape index (κ1) is 13.3. The molecule has 0 spiro atoms. The van der Waals surface area contributed by atoms with Crippen LogP contribution in [-0.2, 0) is 16.0 Å². The molecule has 0 aliphatic heterocycles. The molecule has 0 fully saturated rings. The summed E-state index contributed by atoms with van der Waals surface area (Å²) in [6, 6.07) is 0.884. The molecule has 0 aromatic carbocycles. The highest BCUT2D eigenvalue weighted by Gasteiger charge is 2.15. The van der Waals surface area contributed by atoms with Crippen LogP contribution in [-0.4, -0.2) is 28.0 Å². The third-order valence-corrected chi connectivity index (χ3v) is 3.35. The zero-order valence-corrected chi connectivity index (χ0v) is 10.9. The minimum Gasteiger partial charge on any atom is -0.480 e. The maximum atomic E-state index is 11.6. The Morgan fingerprint density at radius 1 is 1.58 bits per heavy atom. The molecular formula is C12H12N2O4S. The zero-order chi connectivity index (χ0) is 13.8. The van der Waals surface area contributed by atoms with Crippen molar-refractivity contribution < 1.29 is 19.1 Å². The molecule has 0 bridgehead atoms. The van der Waals surface area contributed by atoms with Crippen molar-refractivity contribution >= 4 is 23.2 Å². The highest BCUT2D eigenvalue weighted by atomic mass is 32.1. The molecule has 1 amide bonds. The van der Waals surface area contributed by atoms with Gasteiger partial charge in [-0.05, 0) is 13.0 Å². The smallest absolute Gasteiger partial charge is 0.325 e. The molecule has 2 aromatic heterocycles. The van der Waals surface area contributed by atoms with E-state index in [0.29, 0.717) is 5.69 Å². The lowest BCUT2D eigenvalue weighted by Crippen LogP contribution is -2.39. The molecule has 100 valence electrons. The summed E-state index contributed by atoms with van der Waals surface area (Å²) >= 11 is 1.41. The fraction of sp³-hybridized carbons (Fsp3) is 0.250. The van der Waals surface area contributed by atoms with Gasteiger partial charge in [0.15, 0.2) is 0 Å². The number of nitrogens with zero attached hydrogens (tertiary/aromatic N) is 1. The summed E-state index contributed by atoms with van der Waals surface area (Å²) in [6.45, 7) is 1.41. The number of thiazole rings is 1. The van der Waals surface area contributed by atoms with Gasteiger partial charge in [0, 0.05) is 10.9 Å². The first-order chi connectivity index (χ1) is 9.06. The van der Waals surface area contributed by atoms with E-state index in [4.69, 9.17) is 9.52 Å². The van der Waals surface area contributed by atoms with Crippen LogP contribution in [0.2, 0.25) is 0 Å². The van der Waals surface area contributed by atoms with Gasteiger partial charge < -0.3 is 14.8 Å². The van der Waals surface area contributed by atoms with Crippen molar-refractivity contribution in [2.45, 2.75) is 19.4 Å². The van der Waals surface area contributed by atoms with Gasteiger partial charge in [0.2, 0.25) is 5.91 Å². The van der Waals surface area contributed by atoms with Gasteiger partial charge in [-0.1, -0.05) is 0 Å². The van der Waals surface area contributed by atoms with Crippen molar-refractivity contribution in [1.29, 1.82) is 0 Å². The zero-order valence-electron chi connectivity index (χ0n) is 10.1. The van der Waals surface area contributed by atoms with Gasteiger partial charge in [-0.15, -0.1) is 11.3 Å². The number of nitrogens with one attached hydrogen (secondary N) is 1. The van der Waals surface area contributed by atoms with E-state index in [1.54, 1.807) is 24.0 Å². The monoisotopic (exact) mass is 280 g/mol. The topological polar surface area (TPSA) is 92.4 Å². The minimum atomic E-state index is -1.06. The number of aromatic nitrogens is 1. The van der Waals surface area contributed by atoms with E-state index in [-0.39, 0.29) is 12.3 Å². The Balaban J connectivity index is 1.97. The van der Waals surface area contributed by atoms with Gasteiger partial charge in [0.05, 0.1) is 18.4 Å². The van der Waals surface area contributed by atoms with Gasteiger partial charge in [0.1, 0.15) is 17.3 Å². The van der Waals surface area contributed by atoms with Crippen LogP contribution in [0.25, 0.3) is 10.6 Å². The summed E-state index contributed by atoms with van der Waals surface area (Å²) in [5.74, 6) is -1.43. The van der Waals surface area contributed by atoms with Crippen LogP contribution in [0.3, 0.4) is 0 Å². The second-order valence-electron chi connectivity index (χ2n) is 3.96. The van der Waals surface area contributed by atoms with Crippen LogP contribution in [0.4, 0.5) is 0 Å². The second-order valence-corrected chi connectivity index (χ2v) is 4.82. The van der Waals surface area contributed by atoms with Crippen LogP contribution in [0.1, 0.15) is 12.6 Å². The van der Waals surface area contributed by atoms with E-state index in [1.165, 1.54) is 18.3 Å². The van der Waals surface area contributed by atoms with Gasteiger partial charge in [-0.25, -0.2) is 4.98 Å². The van der Waals surface area contributed by atoms with Gasteiger partial charge in [-0.2, -0.15) is 0 Å². The van der Waals surface area contributed by atoms with E-state index < -0.39 is 12.0 Å². The molecule has 1 atom stereocenters. The minimum absolute atomic E-state index is 0.0615. The molecule has 2 N–H and O–H groups in total. The lowest BCUT2D eigenvalue weighted by atomic mass is 10.3. The maximum Gasteiger partial charge on any atom is 0.325 e. The Hall–Kier alpha value is -2.15. The lowest BCUT2D eigenvalue weighted by molar-refractivity contribution is -0.141. The molecule has 7 heteroatoms.